The highest BCUT2D eigenvalue weighted by molar-refractivity contribution is 5.15. The van der Waals surface area contributed by atoms with E-state index in [1.165, 1.54) is 257 Å². The van der Waals surface area contributed by atoms with Gasteiger partial charge in [-0.05, 0) is 38.2 Å². The van der Waals surface area contributed by atoms with Gasteiger partial charge >= 0.3 is 0 Å². The Kier molecular flexibility index (Phi) is 36.2. The van der Waals surface area contributed by atoms with E-state index in [1.54, 1.807) is 11.1 Å². The zero-order valence-corrected chi connectivity index (χ0v) is 34.5. The Hall–Kier alpha value is -0.850. The predicted octanol–water partition coefficient (Wildman–Crippen LogP) is 16.6. The van der Waals surface area contributed by atoms with Crippen molar-refractivity contribution in [2.24, 2.45) is 0 Å². The van der Waals surface area contributed by atoms with E-state index in [0.717, 1.165) is 0 Å². The maximum atomic E-state index is 2.59. The number of pyridine rings is 1. The highest BCUT2D eigenvalue weighted by Gasteiger charge is 2.09. The first kappa shape index (κ1) is 46.2. The number of aromatic nitrogens is 1. The summed E-state index contributed by atoms with van der Waals surface area (Å²) in [6.45, 7) is 8.16. The van der Waals surface area contributed by atoms with Crippen LogP contribution in [0.15, 0.2) is 18.5 Å². The minimum absolute atomic E-state index is 1.22. The molecule has 1 aromatic heterocycles. The first-order chi connectivity index (χ1) is 24.3. The van der Waals surface area contributed by atoms with Crippen molar-refractivity contribution >= 4 is 0 Å². The van der Waals surface area contributed by atoms with Crippen molar-refractivity contribution in [3.8, 4) is 0 Å². The van der Waals surface area contributed by atoms with Gasteiger partial charge < -0.3 is 0 Å². The molecule has 0 amide bonds. The van der Waals surface area contributed by atoms with Gasteiger partial charge in [-0.2, -0.15) is 0 Å². The Morgan fingerprint density at radius 2 is 0.510 bits per heavy atom. The topological polar surface area (TPSA) is 3.88 Å². The van der Waals surface area contributed by atoms with Crippen molar-refractivity contribution in [3.05, 3.63) is 29.6 Å². The average molecular weight is 683 g/mol. The van der Waals surface area contributed by atoms with Crippen LogP contribution < -0.4 is 4.57 Å². The second-order valence-corrected chi connectivity index (χ2v) is 16.3. The van der Waals surface area contributed by atoms with Crippen molar-refractivity contribution in [3.63, 3.8) is 0 Å². The zero-order valence-electron chi connectivity index (χ0n) is 34.5. The van der Waals surface area contributed by atoms with Gasteiger partial charge in [0.15, 0.2) is 12.4 Å². The largest absolute Gasteiger partial charge is 0.205 e. The van der Waals surface area contributed by atoms with Gasteiger partial charge in [-0.3, -0.25) is 0 Å². The number of hydrogen-bond donors (Lipinski definition) is 0. The zero-order chi connectivity index (χ0) is 35.1. The molecule has 0 aliphatic carbocycles. The lowest BCUT2D eigenvalue weighted by molar-refractivity contribution is -0.698. The molecule has 1 nitrogen and oxygen atoms in total. The first-order valence-corrected chi connectivity index (χ1v) is 23.3. The molecule has 1 aromatic rings. The van der Waals surface area contributed by atoms with Crippen molar-refractivity contribution in [2.75, 3.05) is 0 Å². The summed E-state index contributed by atoms with van der Waals surface area (Å²) in [4.78, 5) is 0. The van der Waals surface area contributed by atoms with E-state index < -0.39 is 0 Å². The maximum absolute atomic E-state index is 2.59. The van der Waals surface area contributed by atoms with Gasteiger partial charge in [-0.25, -0.2) is 4.57 Å². The van der Waals surface area contributed by atoms with E-state index in [0.29, 0.717) is 0 Å². The molecule has 0 fully saturated rings. The molecular formula is C48H92N+. The van der Waals surface area contributed by atoms with Gasteiger partial charge in [0.2, 0.25) is 0 Å². The molecular weight excluding hydrogens is 591 g/mol. The third kappa shape index (κ3) is 32.8. The Labute approximate surface area is 311 Å². The molecule has 0 bridgehead atoms. The van der Waals surface area contributed by atoms with Crippen molar-refractivity contribution < 1.29 is 4.57 Å². The van der Waals surface area contributed by atoms with Crippen LogP contribution in [-0.2, 0) is 19.4 Å². The quantitative estimate of drug-likeness (QED) is 0.0479. The van der Waals surface area contributed by atoms with Gasteiger partial charge in [0.25, 0.3) is 0 Å². The van der Waals surface area contributed by atoms with Gasteiger partial charge in [0.05, 0.1) is 0 Å². The van der Waals surface area contributed by atoms with Gasteiger partial charge in [-0.15, -0.1) is 0 Å². The van der Waals surface area contributed by atoms with Gasteiger partial charge in [0, 0.05) is 17.5 Å². The maximum Gasteiger partial charge on any atom is 0.171 e. The van der Waals surface area contributed by atoms with E-state index in [9.17, 15) is 0 Å². The number of aryl methyl sites for hydroxylation is 3. The molecule has 1 rings (SSSR count). The van der Waals surface area contributed by atoms with Crippen molar-refractivity contribution in [1.29, 1.82) is 0 Å². The van der Waals surface area contributed by atoms with Crippen LogP contribution in [-0.4, -0.2) is 0 Å². The summed E-state index contributed by atoms with van der Waals surface area (Å²) in [5, 5.41) is 0. The molecule has 288 valence electrons. The summed E-state index contributed by atoms with van der Waals surface area (Å²) in [6.07, 6.45) is 60.8. The summed E-state index contributed by atoms with van der Waals surface area (Å²) in [5.41, 5.74) is 3.22. The molecule has 0 radical (unpaired) electrons. The molecule has 0 atom stereocenters. The minimum atomic E-state index is 1.22. The van der Waals surface area contributed by atoms with Gasteiger partial charge in [0.1, 0.15) is 6.54 Å². The lowest BCUT2D eigenvalue weighted by Gasteiger charge is -2.08. The molecule has 0 unspecified atom stereocenters. The molecule has 0 saturated heterocycles. The third-order valence-corrected chi connectivity index (χ3v) is 11.2. The second kappa shape index (κ2) is 38.4. The van der Waals surface area contributed by atoms with Crippen LogP contribution >= 0.6 is 0 Å². The van der Waals surface area contributed by atoms with Gasteiger partial charge in [-0.1, -0.05) is 233 Å². The van der Waals surface area contributed by atoms with Crippen LogP contribution in [0.5, 0.6) is 0 Å². The van der Waals surface area contributed by atoms with Crippen LogP contribution in [0.25, 0.3) is 0 Å². The SMILES string of the molecule is CCCCCCCCCCCCCCCc1cc(CCCCCCCCCCCCCCC)c[n+](CCCCCCCCCCCCC)c1. The lowest BCUT2D eigenvalue weighted by Crippen LogP contribution is -2.34. The number of unbranched alkanes of at least 4 members (excludes halogenated alkanes) is 34. The predicted molar refractivity (Wildman–Crippen MR) is 222 cm³/mol. The fourth-order valence-electron chi connectivity index (χ4n) is 7.83. The van der Waals surface area contributed by atoms with E-state index in [1.807, 2.05) is 0 Å². The summed E-state index contributed by atoms with van der Waals surface area (Å²) in [5.74, 6) is 0. The van der Waals surface area contributed by atoms with E-state index in [-0.39, 0.29) is 0 Å². The molecule has 49 heavy (non-hydrogen) atoms. The van der Waals surface area contributed by atoms with E-state index in [4.69, 9.17) is 0 Å². The summed E-state index contributed by atoms with van der Waals surface area (Å²) in [6, 6.07) is 2.58. The van der Waals surface area contributed by atoms with Crippen molar-refractivity contribution in [1.82, 2.24) is 0 Å². The minimum Gasteiger partial charge on any atom is -0.205 e. The standard InChI is InChI=1S/C48H92N/c1-4-7-10-13-16-19-22-24-26-29-32-35-38-41-47-44-48(42-39-36-33-30-27-25-23-20-17-14-11-8-5-2)46-49(45-47)43-40-37-34-31-28-21-18-15-12-9-6-3/h44-46H,4-43H2,1-3H3/q+1. The molecule has 0 saturated carbocycles. The highest BCUT2D eigenvalue weighted by atomic mass is 14.9. The van der Waals surface area contributed by atoms with Crippen LogP contribution in [0.4, 0.5) is 0 Å². The molecule has 0 aromatic carbocycles. The first-order valence-electron chi connectivity index (χ1n) is 23.3. The average Bonchev–Trinajstić information content (AvgIpc) is 3.11. The van der Waals surface area contributed by atoms with Crippen molar-refractivity contribution in [2.45, 2.75) is 278 Å². The molecule has 0 aliphatic rings. The van der Waals surface area contributed by atoms with E-state index in [2.05, 4.69) is 43.8 Å². The molecule has 0 aliphatic heterocycles. The summed E-state index contributed by atoms with van der Waals surface area (Å²) in [7, 11) is 0. The molecule has 0 N–H and O–H groups in total. The number of nitrogens with zero attached hydrogens (tertiary/aromatic N) is 1. The third-order valence-electron chi connectivity index (χ3n) is 11.2. The fourth-order valence-corrected chi connectivity index (χ4v) is 7.83. The summed E-state index contributed by atoms with van der Waals surface area (Å²) >= 11 is 0. The Balaban J connectivity index is 2.31. The summed E-state index contributed by atoms with van der Waals surface area (Å²) < 4.78 is 2.59. The molecule has 1 heteroatoms. The van der Waals surface area contributed by atoms with E-state index >= 15 is 0 Å². The number of hydrogen-bond acceptors (Lipinski definition) is 0. The fraction of sp³-hybridized carbons (Fsp3) is 0.896. The highest BCUT2D eigenvalue weighted by Crippen LogP contribution is 2.17. The van der Waals surface area contributed by atoms with Crippen LogP contribution in [0.1, 0.15) is 269 Å². The van der Waals surface area contributed by atoms with Crippen LogP contribution in [0.2, 0.25) is 0 Å². The Bertz CT molecular complexity index is 720. The smallest absolute Gasteiger partial charge is 0.171 e. The molecule has 1 heterocycles. The Morgan fingerprint density at radius 1 is 0.286 bits per heavy atom. The van der Waals surface area contributed by atoms with Crippen LogP contribution in [0, 0.1) is 0 Å². The number of rotatable bonds is 40. The monoisotopic (exact) mass is 683 g/mol. The lowest BCUT2D eigenvalue weighted by atomic mass is 10.0. The normalized spacial score (nSPS) is 11.6. The Morgan fingerprint density at radius 3 is 0.776 bits per heavy atom. The van der Waals surface area contributed by atoms with Crippen LogP contribution in [0.3, 0.4) is 0 Å². The second-order valence-electron chi connectivity index (χ2n) is 16.3. The molecule has 0 spiro atoms.